The molecule has 1 rings (SSSR count). The molecule has 2 atom stereocenters. The molecule has 0 aromatic carbocycles. The Kier molecular flexibility index (Phi) is 7.35. The van der Waals surface area contributed by atoms with E-state index in [9.17, 15) is 4.21 Å². The van der Waals surface area contributed by atoms with Crippen molar-refractivity contribution in [2.75, 3.05) is 47.2 Å². The molecule has 2 N–H and O–H groups in total. The van der Waals surface area contributed by atoms with E-state index in [0.29, 0.717) is 23.6 Å². The zero-order valence-electron chi connectivity index (χ0n) is 13.5. The van der Waals surface area contributed by atoms with Crippen molar-refractivity contribution >= 4 is 28.6 Å². The number of hydrogen-bond donors (Lipinski definition) is 2. The number of hydrogen-bond acceptors (Lipinski definition) is 7. The summed E-state index contributed by atoms with van der Waals surface area (Å²) in [6, 6.07) is 0.0391. The fourth-order valence-corrected chi connectivity index (χ4v) is 2.72. The maximum Gasteiger partial charge on any atom is 0.231 e. The van der Waals surface area contributed by atoms with Crippen molar-refractivity contribution < 1.29 is 4.21 Å². The summed E-state index contributed by atoms with van der Waals surface area (Å²) in [4.78, 5) is 15.3. The Morgan fingerprint density at radius 3 is 2.29 bits per heavy atom. The molecule has 0 fully saturated rings. The Morgan fingerprint density at radius 1 is 1.14 bits per heavy atom. The van der Waals surface area contributed by atoms with Crippen LogP contribution in [0.5, 0.6) is 0 Å². The van der Waals surface area contributed by atoms with Crippen molar-refractivity contribution in [2.45, 2.75) is 33.7 Å². The molecule has 21 heavy (non-hydrogen) atoms. The highest BCUT2D eigenvalue weighted by molar-refractivity contribution is 7.84. The third kappa shape index (κ3) is 5.82. The molecule has 1 heterocycles. The van der Waals surface area contributed by atoms with Gasteiger partial charge in [0.1, 0.15) is 0 Å². The SMILES string of the molecule is CCNc1nc(NC(C)CS(C)=O)nc(N(CC)CC)n1. The quantitative estimate of drug-likeness (QED) is 0.711. The van der Waals surface area contributed by atoms with Crippen molar-refractivity contribution in [2.24, 2.45) is 0 Å². The number of aromatic nitrogens is 3. The Balaban J connectivity index is 2.98. The molecule has 0 radical (unpaired) electrons. The average molecular weight is 314 g/mol. The van der Waals surface area contributed by atoms with Gasteiger partial charge in [0.2, 0.25) is 17.8 Å². The third-order valence-corrected chi connectivity index (χ3v) is 3.83. The summed E-state index contributed by atoms with van der Waals surface area (Å²) in [5, 5.41) is 6.31. The van der Waals surface area contributed by atoms with Gasteiger partial charge in [0.15, 0.2) is 0 Å². The van der Waals surface area contributed by atoms with Crippen molar-refractivity contribution in [1.82, 2.24) is 15.0 Å². The highest BCUT2D eigenvalue weighted by atomic mass is 32.2. The smallest absolute Gasteiger partial charge is 0.231 e. The van der Waals surface area contributed by atoms with E-state index in [2.05, 4.69) is 44.3 Å². The predicted molar refractivity (Wildman–Crippen MR) is 89.6 cm³/mol. The number of rotatable bonds is 9. The zero-order valence-corrected chi connectivity index (χ0v) is 14.3. The molecule has 1 aromatic rings. The Morgan fingerprint density at radius 2 is 1.76 bits per heavy atom. The van der Waals surface area contributed by atoms with Crippen LogP contribution in [0.3, 0.4) is 0 Å². The van der Waals surface area contributed by atoms with E-state index < -0.39 is 10.8 Å². The number of nitrogens with one attached hydrogen (secondary N) is 2. The zero-order chi connectivity index (χ0) is 15.8. The molecule has 1 aromatic heterocycles. The summed E-state index contributed by atoms with van der Waals surface area (Å²) >= 11 is 0. The molecule has 0 saturated carbocycles. The number of nitrogens with zero attached hydrogens (tertiary/aromatic N) is 4. The summed E-state index contributed by atoms with van der Waals surface area (Å²) in [6.07, 6.45) is 1.69. The predicted octanol–water partition coefficient (Wildman–Crippen LogP) is 1.33. The monoisotopic (exact) mass is 314 g/mol. The molecule has 0 aliphatic carbocycles. The highest BCUT2D eigenvalue weighted by Crippen LogP contribution is 2.14. The fourth-order valence-electron chi connectivity index (χ4n) is 1.93. The molecule has 0 saturated heterocycles. The molecule has 120 valence electrons. The first-order valence-electron chi connectivity index (χ1n) is 7.31. The van der Waals surface area contributed by atoms with Crippen LogP contribution in [0.2, 0.25) is 0 Å². The first-order chi connectivity index (χ1) is 9.99. The molecule has 0 aliphatic heterocycles. The van der Waals surface area contributed by atoms with Crippen LogP contribution >= 0.6 is 0 Å². The Hall–Kier alpha value is -1.44. The van der Waals surface area contributed by atoms with Crippen LogP contribution in [0.25, 0.3) is 0 Å². The van der Waals surface area contributed by atoms with Crippen LogP contribution < -0.4 is 15.5 Å². The van der Waals surface area contributed by atoms with Gasteiger partial charge in [-0.05, 0) is 27.7 Å². The van der Waals surface area contributed by atoms with Gasteiger partial charge in [-0.3, -0.25) is 4.21 Å². The maximum atomic E-state index is 11.3. The molecule has 0 bridgehead atoms. The van der Waals surface area contributed by atoms with Crippen LogP contribution in [0, 0.1) is 0 Å². The summed E-state index contributed by atoms with van der Waals surface area (Å²) in [5.41, 5.74) is 0. The fraction of sp³-hybridized carbons (Fsp3) is 0.769. The Labute approximate surface area is 129 Å². The third-order valence-electron chi connectivity index (χ3n) is 2.86. The van der Waals surface area contributed by atoms with Gasteiger partial charge in [-0.15, -0.1) is 0 Å². The second-order valence-electron chi connectivity index (χ2n) is 4.77. The van der Waals surface area contributed by atoms with Gasteiger partial charge >= 0.3 is 0 Å². The van der Waals surface area contributed by atoms with E-state index in [1.165, 1.54) is 0 Å². The summed E-state index contributed by atoms with van der Waals surface area (Å²) in [6.45, 7) is 10.5. The van der Waals surface area contributed by atoms with Gasteiger partial charge < -0.3 is 15.5 Å². The van der Waals surface area contributed by atoms with Gasteiger partial charge in [0.25, 0.3) is 0 Å². The largest absolute Gasteiger partial charge is 0.354 e. The second-order valence-corrected chi connectivity index (χ2v) is 6.25. The van der Waals surface area contributed by atoms with Crippen LogP contribution in [0.15, 0.2) is 0 Å². The van der Waals surface area contributed by atoms with Crippen LogP contribution in [-0.4, -0.2) is 56.8 Å². The molecule has 0 amide bonds. The lowest BCUT2D eigenvalue weighted by molar-refractivity contribution is 0.682. The Bertz CT molecular complexity index is 466. The van der Waals surface area contributed by atoms with Crippen molar-refractivity contribution in [3.63, 3.8) is 0 Å². The molecule has 0 spiro atoms. The van der Waals surface area contributed by atoms with Gasteiger partial charge in [0.05, 0.1) is 0 Å². The van der Waals surface area contributed by atoms with Gasteiger partial charge in [0, 0.05) is 48.5 Å². The topological polar surface area (TPSA) is 83.0 Å². The van der Waals surface area contributed by atoms with Gasteiger partial charge in [-0.2, -0.15) is 15.0 Å². The maximum absolute atomic E-state index is 11.3. The van der Waals surface area contributed by atoms with Gasteiger partial charge in [-0.25, -0.2) is 0 Å². The van der Waals surface area contributed by atoms with E-state index >= 15 is 0 Å². The summed E-state index contributed by atoms with van der Waals surface area (Å²) in [7, 11) is -0.855. The lowest BCUT2D eigenvalue weighted by Crippen LogP contribution is -2.27. The second kappa shape index (κ2) is 8.76. The first-order valence-corrected chi connectivity index (χ1v) is 9.04. The summed E-state index contributed by atoms with van der Waals surface area (Å²) < 4.78 is 11.3. The van der Waals surface area contributed by atoms with Crippen molar-refractivity contribution in [3.05, 3.63) is 0 Å². The number of anilines is 3. The van der Waals surface area contributed by atoms with E-state index in [-0.39, 0.29) is 6.04 Å². The summed E-state index contributed by atoms with van der Waals surface area (Å²) in [5.74, 6) is 2.28. The van der Waals surface area contributed by atoms with E-state index in [1.54, 1.807) is 6.26 Å². The lowest BCUT2D eigenvalue weighted by atomic mass is 10.4. The molecule has 7 nitrogen and oxygen atoms in total. The average Bonchev–Trinajstić information content (AvgIpc) is 2.39. The van der Waals surface area contributed by atoms with E-state index in [1.807, 2.05) is 13.8 Å². The van der Waals surface area contributed by atoms with E-state index in [4.69, 9.17) is 0 Å². The minimum atomic E-state index is -0.855. The molecular weight excluding hydrogens is 288 g/mol. The highest BCUT2D eigenvalue weighted by Gasteiger charge is 2.13. The normalized spacial score (nSPS) is 13.6. The van der Waals surface area contributed by atoms with Crippen molar-refractivity contribution in [3.8, 4) is 0 Å². The minimum Gasteiger partial charge on any atom is -0.354 e. The van der Waals surface area contributed by atoms with Gasteiger partial charge in [-0.1, -0.05) is 0 Å². The van der Waals surface area contributed by atoms with Crippen molar-refractivity contribution in [1.29, 1.82) is 0 Å². The molecule has 2 unspecified atom stereocenters. The first kappa shape index (κ1) is 17.6. The van der Waals surface area contributed by atoms with Crippen LogP contribution in [-0.2, 0) is 10.8 Å². The lowest BCUT2D eigenvalue weighted by Gasteiger charge is -2.20. The minimum absolute atomic E-state index is 0.0391. The van der Waals surface area contributed by atoms with Crippen LogP contribution in [0.1, 0.15) is 27.7 Å². The molecular formula is C13H26N6OS. The van der Waals surface area contributed by atoms with E-state index in [0.717, 1.165) is 19.6 Å². The standard InChI is InChI=1S/C13H26N6OS/c1-6-14-11-16-12(15-10(4)9-21(5)20)18-13(17-11)19(7-2)8-3/h10H,6-9H2,1-5H3,(H2,14,15,16,17,18). The molecule has 0 aliphatic rings. The molecule has 8 heteroatoms. The van der Waals surface area contributed by atoms with Crippen LogP contribution in [0.4, 0.5) is 17.8 Å².